The van der Waals surface area contributed by atoms with E-state index in [4.69, 9.17) is 0 Å². The zero-order valence-electron chi connectivity index (χ0n) is 11.2. The zero-order chi connectivity index (χ0) is 14.7. The second kappa shape index (κ2) is 6.26. The number of carbonyl (C=O) groups is 2. The monoisotopic (exact) mass is 340 g/mol. The van der Waals surface area contributed by atoms with Gasteiger partial charge < -0.3 is 15.3 Å². The molecule has 0 aliphatic carbocycles. The van der Waals surface area contributed by atoms with Crippen LogP contribution in [-0.2, 0) is 4.79 Å². The molecule has 2 rings (SSSR count). The Morgan fingerprint density at radius 3 is 2.80 bits per heavy atom. The van der Waals surface area contributed by atoms with Gasteiger partial charge in [-0.05, 0) is 37.5 Å². The van der Waals surface area contributed by atoms with Gasteiger partial charge in [-0.15, -0.1) is 0 Å². The van der Waals surface area contributed by atoms with Gasteiger partial charge in [-0.1, -0.05) is 15.9 Å². The summed E-state index contributed by atoms with van der Waals surface area (Å²) in [5.74, 6) is -1.05. The summed E-state index contributed by atoms with van der Waals surface area (Å²) in [5.41, 5.74) is 0.823. The summed E-state index contributed by atoms with van der Waals surface area (Å²) in [7, 11) is 1.61. The van der Waals surface area contributed by atoms with Gasteiger partial charge in [0.05, 0.1) is 11.3 Å². The quantitative estimate of drug-likeness (QED) is 0.885. The average molecular weight is 341 g/mol. The zero-order valence-corrected chi connectivity index (χ0v) is 12.8. The molecule has 2 N–H and O–H groups in total. The molecule has 0 aromatic heterocycles. The lowest BCUT2D eigenvalue weighted by atomic mass is 9.99. The second-order valence-corrected chi connectivity index (χ2v) is 5.70. The minimum absolute atomic E-state index is 0.0658. The Kier molecular flexibility index (Phi) is 4.65. The largest absolute Gasteiger partial charge is 0.478 e. The summed E-state index contributed by atoms with van der Waals surface area (Å²) >= 11 is 3.29. The van der Waals surface area contributed by atoms with Crippen LogP contribution in [0.25, 0.3) is 0 Å². The summed E-state index contributed by atoms with van der Waals surface area (Å²) in [6.45, 7) is 0.694. The first kappa shape index (κ1) is 14.8. The molecule has 0 radical (unpaired) electrons. The summed E-state index contributed by atoms with van der Waals surface area (Å²) in [5, 5.41) is 12.0. The Balaban J connectivity index is 2.42. The third-order valence-electron chi connectivity index (χ3n) is 3.55. The van der Waals surface area contributed by atoms with E-state index in [1.807, 2.05) is 4.90 Å². The van der Waals surface area contributed by atoms with Crippen LogP contribution in [0.2, 0.25) is 0 Å². The second-order valence-electron chi connectivity index (χ2n) is 4.79. The van der Waals surface area contributed by atoms with Crippen molar-refractivity contribution in [3.8, 4) is 0 Å². The summed E-state index contributed by atoms with van der Waals surface area (Å²) < 4.78 is 0.715. The number of nitrogens with zero attached hydrogens (tertiary/aromatic N) is 1. The molecular formula is C14H17BrN2O3. The molecule has 0 saturated carbocycles. The summed E-state index contributed by atoms with van der Waals surface area (Å²) in [6.07, 6.45) is 2.69. The van der Waals surface area contributed by atoms with Gasteiger partial charge in [0.2, 0.25) is 5.91 Å². The number of carboxylic acids is 1. The van der Waals surface area contributed by atoms with E-state index >= 15 is 0 Å². The fourth-order valence-corrected chi connectivity index (χ4v) is 2.95. The number of carboxylic acid groups (broad SMARTS) is 1. The van der Waals surface area contributed by atoms with Crippen molar-refractivity contribution in [3.05, 3.63) is 28.2 Å². The molecular weight excluding hydrogens is 324 g/mol. The number of halogens is 1. The minimum Gasteiger partial charge on any atom is -0.478 e. The highest BCUT2D eigenvalue weighted by atomic mass is 79.9. The number of aromatic carboxylic acids is 1. The Morgan fingerprint density at radius 1 is 1.40 bits per heavy atom. The molecule has 1 aromatic rings. The maximum Gasteiger partial charge on any atom is 0.337 e. The highest BCUT2D eigenvalue weighted by Gasteiger charge is 2.30. The number of benzene rings is 1. The molecule has 1 heterocycles. The third kappa shape index (κ3) is 2.95. The van der Waals surface area contributed by atoms with Crippen LogP contribution in [0.5, 0.6) is 0 Å². The van der Waals surface area contributed by atoms with Gasteiger partial charge in [-0.3, -0.25) is 4.79 Å². The first-order valence-electron chi connectivity index (χ1n) is 6.55. The molecule has 1 aliphatic rings. The van der Waals surface area contributed by atoms with Gasteiger partial charge in [-0.2, -0.15) is 0 Å². The average Bonchev–Trinajstić information content (AvgIpc) is 2.46. The minimum atomic E-state index is -0.984. The number of hydrogen-bond acceptors (Lipinski definition) is 3. The Hall–Kier alpha value is -1.56. The van der Waals surface area contributed by atoms with Crippen LogP contribution in [0, 0.1) is 0 Å². The first-order chi connectivity index (χ1) is 9.54. The van der Waals surface area contributed by atoms with E-state index in [0.29, 0.717) is 16.7 Å². The number of nitrogens with one attached hydrogen (secondary N) is 1. The first-order valence-corrected chi connectivity index (χ1v) is 7.35. The van der Waals surface area contributed by atoms with Crippen molar-refractivity contribution < 1.29 is 14.7 Å². The highest BCUT2D eigenvalue weighted by molar-refractivity contribution is 9.10. The van der Waals surface area contributed by atoms with Crippen LogP contribution in [0.1, 0.15) is 29.6 Å². The smallest absolute Gasteiger partial charge is 0.337 e. The fourth-order valence-electron chi connectivity index (χ4n) is 2.59. The van der Waals surface area contributed by atoms with Crippen molar-refractivity contribution in [1.82, 2.24) is 5.32 Å². The van der Waals surface area contributed by atoms with E-state index in [1.165, 1.54) is 0 Å². The van der Waals surface area contributed by atoms with Gasteiger partial charge in [0, 0.05) is 18.1 Å². The normalized spacial score (nSPS) is 18.7. The molecule has 108 valence electrons. The molecule has 1 aliphatic heterocycles. The number of likely N-dealkylation sites (N-methyl/N-ethyl adjacent to an activating group) is 1. The lowest BCUT2D eigenvalue weighted by Gasteiger charge is -2.37. The number of amides is 1. The van der Waals surface area contributed by atoms with E-state index in [2.05, 4.69) is 21.2 Å². The highest BCUT2D eigenvalue weighted by Crippen LogP contribution is 2.30. The van der Waals surface area contributed by atoms with Crippen molar-refractivity contribution in [2.75, 3.05) is 18.5 Å². The van der Waals surface area contributed by atoms with Crippen molar-refractivity contribution >= 4 is 33.5 Å². The molecule has 0 spiro atoms. The Labute approximate surface area is 126 Å². The SMILES string of the molecule is CNC(=O)C1CCCCN1c1ccc(Br)cc1C(=O)O. The van der Waals surface area contributed by atoms with Crippen LogP contribution < -0.4 is 10.2 Å². The molecule has 20 heavy (non-hydrogen) atoms. The lowest BCUT2D eigenvalue weighted by Crippen LogP contribution is -2.49. The maximum atomic E-state index is 12.0. The maximum absolute atomic E-state index is 12.0. The number of anilines is 1. The summed E-state index contributed by atoms with van der Waals surface area (Å²) in [4.78, 5) is 25.3. The molecule has 1 unspecified atom stereocenters. The molecule has 5 nitrogen and oxygen atoms in total. The predicted molar refractivity (Wildman–Crippen MR) is 80.2 cm³/mol. The molecule has 1 saturated heterocycles. The van der Waals surface area contributed by atoms with E-state index < -0.39 is 5.97 Å². The fraction of sp³-hybridized carbons (Fsp3) is 0.429. The predicted octanol–water partition coefficient (Wildman–Crippen LogP) is 2.25. The summed E-state index contributed by atoms with van der Waals surface area (Å²) in [6, 6.07) is 4.84. The number of rotatable bonds is 3. The van der Waals surface area contributed by atoms with Crippen LogP contribution in [0.4, 0.5) is 5.69 Å². The van der Waals surface area contributed by atoms with Crippen LogP contribution in [0.3, 0.4) is 0 Å². The number of piperidine rings is 1. The van der Waals surface area contributed by atoms with Crippen molar-refractivity contribution in [1.29, 1.82) is 0 Å². The molecule has 1 amide bonds. The van der Waals surface area contributed by atoms with Gasteiger partial charge in [0.15, 0.2) is 0 Å². The Morgan fingerprint density at radius 2 is 2.15 bits per heavy atom. The van der Waals surface area contributed by atoms with E-state index in [1.54, 1.807) is 25.2 Å². The number of hydrogen-bond donors (Lipinski definition) is 2. The standard InChI is InChI=1S/C14H17BrN2O3/c1-16-13(18)12-4-2-3-7-17(12)11-6-5-9(15)8-10(11)14(19)20/h5-6,8,12H,2-4,7H2,1H3,(H,16,18)(H,19,20). The third-order valence-corrected chi connectivity index (χ3v) is 4.04. The van der Waals surface area contributed by atoms with Crippen LogP contribution in [0.15, 0.2) is 22.7 Å². The van der Waals surface area contributed by atoms with Crippen LogP contribution in [-0.4, -0.2) is 36.6 Å². The molecule has 0 bridgehead atoms. The van der Waals surface area contributed by atoms with E-state index in [0.717, 1.165) is 19.3 Å². The van der Waals surface area contributed by atoms with Crippen LogP contribution >= 0.6 is 15.9 Å². The topological polar surface area (TPSA) is 69.6 Å². The van der Waals surface area contributed by atoms with E-state index in [9.17, 15) is 14.7 Å². The lowest BCUT2D eigenvalue weighted by molar-refractivity contribution is -0.122. The van der Waals surface area contributed by atoms with Gasteiger partial charge in [0.1, 0.15) is 6.04 Å². The molecule has 6 heteroatoms. The number of carbonyl (C=O) groups excluding carboxylic acids is 1. The van der Waals surface area contributed by atoms with Gasteiger partial charge >= 0.3 is 5.97 Å². The van der Waals surface area contributed by atoms with Crippen molar-refractivity contribution in [2.45, 2.75) is 25.3 Å². The molecule has 1 fully saturated rings. The molecule has 1 aromatic carbocycles. The molecule has 1 atom stereocenters. The van der Waals surface area contributed by atoms with Crippen molar-refractivity contribution in [2.24, 2.45) is 0 Å². The Bertz CT molecular complexity index is 533. The van der Waals surface area contributed by atoms with Crippen molar-refractivity contribution in [3.63, 3.8) is 0 Å². The van der Waals surface area contributed by atoms with Gasteiger partial charge in [0.25, 0.3) is 0 Å². The van der Waals surface area contributed by atoms with E-state index in [-0.39, 0.29) is 17.5 Å². The van der Waals surface area contributed by atoms with Gasteiger partial charge in [-0.25, -0.2) is 4.79 Å².